The van der Waals surface area contributed by atoms with Crippen molar-refractivity contribution in [2.75, 3.05) is 6.54 Å². The number of alkyl carbamates (subject to hydrolysis) is 1. The first-order chi connectivity index (χ1) is 13.3. The van der Waals surface area contributed by atoms with Crippen molar-refractivity contribution in [3.05, 3.63) is 35.4 Å². The van der Waals surface area contributed by atoms with Gasteiger partial charge >= 0.3 is 6.09 Å². The fraction of sp³-hybridized carbons (Fsp3) is 0.636. The first-order valence-electron chi connectivity index (χ1n) is 10.2. The third-order valence-corrected chi connectivity index (χ3v) is 4.54. The molecule has 6 heteroatoms. The minimum absolute atomic E-state index is 0.111. The van der Waals surface area contributed by atoms with Crippen LogP contribution in [-0.2, 0) is 27.4 Å². The Balaban J connectivity index is 1.66. The zero-order valence-corrected chi connectivity index (χ0v) is 17.4. The molecule has 2 rings (SSSR count). The second-order valence-corrected chi connectivity index (χ2v) is 8.35. The van der Waals surface area contributed by atoms with Crippen LogP contribution in [0.1, 0.15) is 70.4 Å². The Hall–Kier alpha value is -2.08. The zero-order valence-electron chi connectivity index (χ0n) is 17.4. The van der Waals surface area contributed by atoms with E-state index in [1.54, 1.807) is 20.8 Å². The van der Waals surface area contributed by atoms with Crippen LogP contribution >= 0.6 is 0 Å². The van der Waals surface area contributed by atoms with E-state index in [1.165, 1.54) is 19.3 Å². The van der Waals surface area contributed by atoms with E-state index in [0.717, 1.165) is 24.0 Å². The lowest BCUT2D eigenvalue weighted by atomic mass is 9.98. The van der Waals surface area contributed by atoms with Crippen LogP contribution in [0.15, 0.2) is 24.3 Å². The number of hydrogen-bond acceptors (Lipinski definition) is 4. The fourth-order valence-electron chi connectivity index (χ4n) is 3.16. The second kappa shape index (κ2) is 11.1. The summed E-state index contributed by atoms with van der Waals surface area (Å²) in [5.74, 6) is -0.111. The van der Waals surface area contributed by atoms with E-state index in [9.17, 15) is 9.59 Å². The van der Waals surface area contributed by atoms with Crippen molar-refractivity contribution in [1.82, 2.24) is 10.6 Å². The van der Waals surface area contributed by atoms with Crippen molar-refractivity contribution >= 4 is 12.0 Å². The van der Waals surface area contributed by atoms with Crippen LogP contribution < -0.4 is 10.6 Å². The lowest BCUT2D eigenvalue weighted by Gasteiger charge is -2.22. The SMILES string of the molecule is CC(C)(C)OC(=O)NCCC(=O)NCc1cccc(COC2CCCCC2)c1. The molecule has 0 saturated heterocycles. The molecule has 1 aliphatic rings. The molecule has 0 heterocycles. The lowest BCUT2D eigenvalue weighted by molar-refractivity contribution is -0.121. The largest absolute Gasteiger partial charge is 0.444 e. The molecule has 28 heavy (non-hydrogen) atoms. The Labute approximate surface area is 168 Å². The van der Waals surface area contributed by atoms with Crippen LogP contribution in [0.5, 0.6) is 0 Å². The Morgan fingerprint density at radius 3 is 2.50 bits per heavy atom. The van der Waals surface area contributed by atoms with Crippen LogP contribution in [0, 0.1) is 0 Å². The van der Waals surface area contributed by atoms with Gasteiger partial charge in [-0.15, -0.1) is 0 Å². The van der Waals surface area contributed by atoms with Gasteiger partial charge in [-0.25, -0.2) is 4.79 Å². The highest BCUT2D eigenvalue weighted by Crippen LogP contribution is 2.21. The second-order valence-electron chi connectivity index (χ2n) is 8.35. The van der Waals surface area contributed by atoms with Crippen molar-refractivity contribution in [3.63, 3.8) is 0 Å². The summed E-state index contributed by atoms with van der Waals surface area (Å²) in [6.07, 6.45) is 6.26. The predicted molar refractivity (Wildman–Crippen MR) is 109 cm³/mol. The molecule has 2 amide bonds. The molecule has 156 valence electrons. The summed E-state index contributed by atoms with van der Waals surface area (Å²) >= 11 is 0. The Morgan fingerprint density at radius 1 is 1.07 bits per heavy atom. The van der Waals surface area contributed by atoms with Crippen molar-refractivity contribution in [2.45, 2.75) is 84.2 Å². The maximum atomic E-state index is 12.0. The van der Waals surface area contributed by atoms with E-state index in [0.29, 0.717) is 19.3 Å². The molecule has 0 atom stereocenters. The number of hydrogen-bond donors (Lipinski definition) is 2. The standard InChI is InChI=1S/C22H34N2O4/c1-22(2,3)28-21(26)23-13-12-20(25)24-15-17-8-7-9-18(14-17)16-27-19-10-5-4-6-11-19/h7-9,14,19H,4-6,10-13,15-16H2,1-3H3,(H,23,26)(H,24,25). The molecule has 6 nitrogen and oxygen atoms in total. The first-order valence-corrected chi connectivity index (χ1v) is 10.2. The average Bonchev–Trinajstić information content (AvgIpc) is 2.64. The molecule has 0 spiro atoms. The molecule has 0 radical (unpaired) electrons. The highest BCUT2D eigenvalue weighted by molar-refractivity contribution is 5.77. The van der Waals surface area contributed by atoms with Crippen LogP contribution in [0.4, 0.5) is 4.79 Å². The molecule has 1 aromatic rings. The number of nitrogens with one attached hydrogen (secondary N) is 2. The maximum absolute atomic E-state index is 12.0. The molecule has 0 unspecified atom stereocenters. The third-order valence-electron chi connectivity index (χ3n) is 4.54. The smallest absolute Gasteiger partial charge is 0.407 e. The minimum Gasteiger partial charge on any atom is -0.444 e. The number of rotatable bonds is 8. The summed E-state index contributed by atoms with van der Waals surface area (Å²) < 4.78 is 11.2. The summed E-state index contributed by atoms with van der Waals surface area (Å²) in [5, 5.41) is 5.47. The third kappa shape index (κ3) is 9.22. The van der Waals surface area contributed by atoms with E-state index in [1.807, 2.05) is 12.1 Å². The summed E-state index contributed by atoms with van der Waals surface area (Å²) in [7, 11) is 0. The number of carbonyl (C=O) groups excluding carboxylic acids is 2. The highest BCUT2D eigenvalue weighted by Gasteiger charge is 2.16. The monoisotopic (exact) mass is 390 g/mol. The summed E-state index contributed by atoms with van der Waals surface area (Å²) in [5.41, 5.74) is 1.63. The van der Waals surface area contributed by atoms with Gasteiger partial charge in [-0.2, -0.15) is 0 Å². The normalized spacial score (nSPS) is 15.1. The van der Waals surface area contributed by atoms with Crippen LogP contribution in [0.2, 0.25) is 0 Å². The van der Waals surface area contributed by atoms with Crippen molar-refractivity contribution < 1.29 is 19.1 Å². The Morgan fingerprint density at radius 2 is 1.79 bits per heavy atom. The molecule has 1 aliphatic carbocycles. The van der Waals surface area contributed by atoms with Crippen LogP contribution in [0.25, 0.3) is 0 Å². The van der Waals surface area contributed by atoms with Gasteiger partial charge in [0.15, 0.2) is 0 Å². The van der Waals surface area contributed by atoms with Gasteiger partial charge in [0.1, 0.15) is 5.60 Å². The van der Waals surface area contributed by atoms with Crippen molar-refractivity contribution in [2.24, 2.45) is 0 Å². The molecule has 0 aliphatic heterocycles. The van der Waals surface area contributed by atoms with Crippen molar-refractivity contribution in [1.29, 1.82) is 0 Å². The number of benzene rings is 1. The molecule has 2 N–H and O–H groups in total. The predicted octanol–water partition coefficient (Wildman–Crippen LogP) is 4.07. The van der Waals surface area contributed by atoms with Crippen molar-refractivity contribution in [3.8, 4) is 0 Å². The van der Waals surface area contributed by atoms with E-state index in [-0.39, 0.29) is 18.9 Å². The van der Waals surface area contributed by atoms with E-state index in [2.05, 4.69) is 22.8 Å². The van der Waals surface area contributed by atoms with Gasteiger partial charge in [0.2, 0.25) is 5.91 Å². The van der Waals surface area contributed by atoms with E-state index < -0.39 is 11.7 Å². The molecular formula is C22H34N2O4. The number of amides is 2. The van der Waals surface area contributed by atoms with Gasteiger partial charge in [-0.05, 0) is 44.7 Å². The van der Waals surface area contributed by atoms with Gasteiger partial charge in [0, 0.05) is 19.5 Å². The van der Waals surface area contributed by atoms with Gasteiger partial charge in [0.05, 0.1) is 12.7 Å². The summed E-state index contributed by atoms with van der Waals surface area (Å²) in [6, 6.07) is 8.11. The van der Waals surface area contributed by atoms with Gasteiger partial charge < -0.3 is 20.1 Å². The number of ether oxygens (including phenoxy) is 2. The van der Waals surface area contributed by atoms with Gasteiger partial charge in [0.25, 0.3) is 0 Å². The summed E-state index contributed by atoms with van der Waals surface area (Å²) in [6.45, 7) is 6.72. The van der Waals surface area contributed by atoms with Gasteiger partial charge in [-0.1, -0.05) is 43.5 Å². The average molecular weight is 391 g/mol. The molecule has 1 fully saturated rings. The quantitative estimate of drug-likeness (QED) is 0.702. The maximum Gasteiger partial charge on any atom is 0.407 e. The summed E-state index contributed by atoms with van der Waals surface area (Å²) in [4.78, 5) is 23.5. The molecule has 1 aromatic carbocycles. The van der Waals surface area contributed by atoms with Crippen LogP contribution in [-0.4, -0.2) is 30.3 Å². The molecule has 1 saturated carbocycles. The molecule has 0 aromatic heterocycles. The molecule has 0 bridgehead atoms. The minimum atomic E-state index is -0.544. The Kier molecular flexibility index (Phi) is 8.77. The first kappa shape index (κ1) is 22.2. The van der Waals surface area contributed by atoms with E-state index in [4.69, 9.17) is 9.47 Å². The zero-order chi connectivity index (χ0) is 20.4. The number of carbonyl (C=O) groups is 2. The fourth-order valence-corrected chi connectivity index (χ4v) is 3.16. The van der Waals surface area contributed by atoms with Gasteiger partial charge in [-0.3, -0.25) is 4.79 Å². The highest BCUT2D eigenvalue weighted by atomic mass is 16.6. The topological polar surface area (TPSA) is 76.7 Å². The van der Waals surface area contributed by atoms with E-state index >= 15 is 0 Å². The molecular weight excluding hydrogens is 356 g/mol. The Bertz CT molecular complexity index is 634. The lowest BCUT2D eigenvalue weighted by Crippen LogP contribution is -2.35. The van der Waals surface area contributed by atoms with Crippen LogP contribution in [0.3, 0.4) is 0 Å².